The second-order valence-electron chi connectivity index (χ2n) is 3.90. The molecule has 0 aliphatic rings. The first kappa shape index (κ1) is 15.1. The van der Waals surface area contributed by atoms with Gasteiger partial charge in [0.15, 0.2) is 11.3 Å². The van der Waals surface area contributed by atoms with Gasteiger partial charge < -0.3 is 13.9 Å². The van der Waals surface area contributed by atoms with Crippen LogP contribution in [0.4, 0.5) is 0 Å². The number of hydrogen-bond donors (Lipinski definition) is 1. The molecule has 0 atom stereocenters. The standard InChI is InChI=1S/C14H13BrN2O4/c1-19-10-2-4-11(5-3-10)20-9-14(18)17-16-8-12-6-7-13(15)21-12/h2-8H,9H2,1H3,(H,17,18). The van der Waals surface area contributed by atoms with Gasteiger partial charge in [-0.05, 0) is 52.3 Å². The van der Waals surface area contributed by atoms with Crippen molar-refractivity contribution in [2.75, 3.05) is 13.7 Å². The van der Waals surface area contributed by atoms with E-state index in [-0.39, 0.29) is 12.5 Å². The molecule has 2 rings (SSSR count). The van der Waals surface area contributed by atoms with E-state index < -0.39 is 0 Å². The number of carbonyl (C=O) groups excluding carboxylic acids is 1. The van der Waals surface area contributed by atoms with Gasteiger partial charge in [0.2, 0.25) is 0 Å². The number of methoxy groups -OCH3 is 1. The summed E-state index contributed by atoms with van der Waals surface area (Å²) in [4.78, 5) is 11.5. The maximum Gasteiger partial charge on any atom is 0.277 e. The molecule has 0 spiro atoms. The number of nitrogens with one attached hydrogen (secondary N) is 1. The minimum absolute atomic E-state index is 0.133. The van der Waals surface area contributed by atoms with Gasteiger partial charge >= 0.3 is 0 Å². The van der Waals surface area contributed by atoms with E-state index in [0.29, 0.717) is 16.2 Å². The van der Waals surface area contributed by atoms with Gasteiger partial charge in [-0.3, -0.25) is 4.79 Å². The van der Waals surface area contributed by atoms with Crippen molar-refractivity contribution in [3.05, 3.63) is 46.8 Å². The van der Waals surface area contributed by atoms with E-state index in [2.05, 4.69) is 26.5 Å². The van der Waals surface area contributed by atoms with Gasteiger partial charge in [-0.15, -0.1) is 0 Å². The molecule has 2 aromatic rings. The largest absolute Gasteiger partial charge is 0.497 e. The van der Waals surface area contributed by atoms with Gasteiger partial charge in [0.05, 0.1) is 13.3 Å². The lowest BCUT2D eigenvalue weighted by Crippen LogP contribution is -2.24. The summed E-state index contributed by atoms with van der Waals surface area (Å²) in [5, 5.41) is 3.76. The van der Waals surface area contributed by atoms with Crippen LogP contribution in [0.3, 0.4) is 0 Å². The summed E-state index contributed by atoms with van der Waals surface area (Å²) in [6.07, 6.45) is 1.40. The average molecular weight is 353 g/mol. The molecule has 0 unspecified atom stereocenters. The van der Waals surface area contributed by atoms with Crippen LogP contribution in [0.5, 0.6) is 11.5 Å². The fourth-order valence-electron chi connectivity index (χ4n) is 1.42. The fraction of sp³-hybridized carbons (Fsp3) is 0.143. The Labute approximate surface area is 129 Å². The highest BCUT2D eigenvalue weighted by atomic mass is 79.9. The van der Waals surface area contributed by atoms with E-state index in [0.717, 1.165) is 5.75 Å². The van der Waals surface area contributed by atoms with Crippen LogP contribution in [-0.4, -0.2) is 25.8 Å². The Balaban J connectivity index is 1.75. The number of carbonyl (C=O) groups is 1. The maximum atomic E-state index is 11.5. The first-order valence-electron chi connectivity index (χ1n) is 6.01. The van der Waals surface area contributed by atoms with E-state index in [4.69, 9.17) is 13.9 Å². The summed E-state index contributed by atoms with van der Waals surface area (Å²) in [5.41, 5.74) is 2.34. The Morgan fingerprint density at radius 3 is 2.62 bits per heavy atom. The number of hydrazone groups is 1. The summed E-state index contributed by atoms with van der Waals surface area (Å²) in [6, 6.07) is 10.4. The molecule has 0 saturated carbocycles. The molecule has 21 heavy (non-hydrogen) atoms. The molecular formula is C14H13BrN2O4. The third kappa shape index (κ3) is 4.96. The smallest absolute Gasteiger partial charge is 0.277 e. The van der Waals surface area contributed by atoms with E-state index in [9.17, 15) is 4.79 Å². The number of hydrogen-bond acceptors (Lipinski definition) is 5. The van der Waals surface area contributed by atoms with Gasteiger partial charge in [-0.2, -0.15) is 5.10 Å². The molecule has 1 heterocycles. The van der Waals surface area contributed by atoms with E-state index in [1.807, 2.05) is 0 Å². The zero-order chi connectivity index (χ0) is 15.1. The fourth-order valence-corrected chi connectivity index (χ4v) is 1.74. The summed E-state index contributed by atoms with van der Waals surface area (Å²) < 4.78 is 16.1. The third-order valence-corrected chi connectivity index (χ3v) is 2.83. The van der Waals surface area contributed by atoms with Crippen LogP contribution >= 0.6 is 15.9 Å². The zero-order valence-corrected chi connectivity index (χ0v) is 12.8. The second kappa shape index (κ2) is 7.49. The quantitative estimate of drug-likeness (QED) is 0.640. The molecule has 1 aromatic carbocycles. The van der Waals surface area contributed by atoms with Crippen LogP contribution in [0.25, 0.3) is 0 Å². The molecule has 0 fully saturated rings. The van der Waals surface area contributed by atoms with Crippen LogP contribution in [0, 0.1) is 0 Å². The number of benzene rings is 1. The number of halogens is 1. The van der Waals surface area contributed by atoms with Crippen molar-refractivity contribution in [3.63, 3.8) is 0 Å². The molecule has 0 saturated heterocycles. The number of nitrogens with zero attached hydrogens (tertiary/aromatic N) is 1. The molecule has 110 valence electrons. The van der Waals surface area contributed by atoms with Crippen LogP contribution in [0.15, 0.2) is 50.6 Å². The minimum atomic E-state index is -0.368. The Hall–Kier alpha value is -2.28. The van der Waals surface area contributed by atoms with Crippen LogP contribution in [-0.2, 0) is 4.79 Å². The predicted octanol–water partition coefficient (Wildman–Crippen LogP) is 2.58. The van der Waals surface area contributed by atoms with Gasteiger partial charge in [0, 0.05) is 0 Å². The maximum absolute atomic E-state index is 11.5. The summed E-state index contributed by atoms with van der Waals surface area (Å²) in [5.74, 6) is 1.46. The summed E-state index contributed by atoms with van der Waals surface area (Å²) in [6.45, 7) is -0.133. The zero-order valence-electron chi connectivity index (χ0n) is 11.2. The van der Waals surface area contributed by atoms with Crippen molar-refractivity contribution in [3.8, 4) is 11.5 Å². The highest BCUT2D eigenvalue weighted by molar-refractivity contribution is 9.10. The molecular weight excluding hydrogens is 340 g/mol. The Morgan fingerprint density at radius 1 is 1.29 bits per heavy atom. The number of ether oxygens (including phenoxy) is 2. The predicted molar refractivity (Wildman–Crippen MR) is 80.6 cm³/mol. The average Bonchev–Trinajstić information content (AvgIpc) is 2.91. The normalized spacial score (nSPS) is 10.6. The lowest BCUT2D eigenvalue weighted by molar-refractivity contribution is -0.123. The van der Waals surface area contributed by atoms with Gasteiger partial charge in [-0.1, -0.05) is 0 Å². The second-order valence-corrected chi connectivity index (χ2v) is 4.68. The molecule has 7 heteroatoms. The van der Waals surface area contributed by atoms with Crippen molar-refractivity contribution in [1.29, 1.82) is 0 Å². The summed E-state index contributed by atoms with van der Waals surface area (Å²) >= 11 is 3.17. The Morgan fingerprint density at radius 2 is 2.00 bits per heavy atom. The molecule has 1 amide bonds. The molecule has 0 radical (unpaired) electrons. The number of furan rings is 1. The molecule has 0 aliphatic carbocycles. The van der Waals surface area contributed by atoms with Crippen molar-refractivity contribution in [1.82, 2.24) is 5.43 Å². The minimum Gasteiger partial charge on any atom is -0.497 e. The molecule has 1 N–H and O–H groups in total. The van der Waals surface area contributed by atoms with Crippen molar-refractivity contribution in [2.45, 2.75) is 0 Å². The van der Waals surface area contributed by atoms with Gasteiger partial charge in [0.25, 0.3) is 5.91 Å². The first-order chi connectivity index (χ1) is 10.2. The first-order valence-corrected chi connectivity index (χ1v) is 6.81. The third-order valence-electron chi connectivity index (χ3n) is 2.40. The molecule has 1 aromatic heterocycles. The topological polar surface area (TPSA) is 73.1 Å². The lowest BCUT2D eigenvalue weighted by atomic mass is 10.3. The van der Waals surface area contributed by atoms with E-state index in [1.165, 1.54) is 6.21 Å². The van der Waals surface area contributed by atoms with Crippen LogP contribution < -0.4 is 14.9 Å². The lowest BCUT2D eigenvalue weighted by Gasteiger charge is -2.05. The SMILES string of the molecule is COc1ccc(OCC(=O)NN=Cc2ccc(Br)o2)cc1. The van der Waals surface area contributed by atoms with Crippen LogP contribution in [0.1, 0.15) is 5.76 Å². The molecule has 0 aliphatic heterocycles. The molecule has 6 nitrogen and oxygen atoms in total. The van der Waals surface area contributed by atoms with Gasteiger partial charge in [-0.25, -0.2) is 5.43 Å². The van der Waals surface area contributed by atoms with Crippen molar-refractivity contribution < 1.29 is 18.7 Å². The van der Waals surface area contributed by atoms with Crippen LogP contribution in [0.2, 0.25) is 0 Å². The van der Waals surface area contributed by atoms with E-state index in [1.54, 1.807) is 43.5 Å². The molecule has 0 bridgehead atoms. The highest BCUT2D eigenvalue weighted by Crippen LogP contribution is 2.16. The van der Waals surface area contributed by atoms with Crippen molar-refractivity contribution in [2.24, 2.45) is 5.10 Å². The number of rotatable bonds is 6. The Bertz CT molecular complexity index is 622. The van der Waals surface area contributed by atoms with E-state index >= 15 is 0 Å². The Kier molecular flexibility index (Phi) is 5.39. The van der Waals surface area contributed by atoms with Crippen molar-refractivity contribution >= 4 is 28.1 Å². The monoisotopic (exact) mass is 352 g/mol. The highest BCUT2D eigenvalue weighted by Gasteiger charge is 2.02. The number of amides is 1. The van der Waals surface area contributed by atoms with Gasteiger partial charge in [0.1, 0.15) is 17.3 Å². The summed E-state index contributed by atoms with van der Waals surface area (Å²) in [7, 11) is 1.58.